The van der Waals surface area contributed by atoms with Crippen molar-refractivity contribution in [3.63, 3.8) is 0 Å². The van der Waals surface area contributed by atoms with E-state index in [1.54, 1.807) is 12.1 Å². The normalized spacial score (nSPS) is 12.8. The minimum Gasteiger partial charge on any atom is -0.465 e. The zero-order valence-corrected chi connectivity index (χ0v) is 16.4. The summed E-state index contributed by atoms with van der Waals surface area (Å²) in [6, 6.07) is 4.75. The van der Waals surface area contributed by atoms with Gasteiger partial charge >= 0.3 is 5.97 Å². The molecule has 0 fully saturated rings. The van der Waals surface area contributed by atoms with E-state index in [2.05, 4.69) is 15.8 Å². The van der Waals surface area contributed by atoms with Crippen molar-refractivity contribution in [2.45, 2.75) is 32.2 Å². The third-order valence-corrected chi connectivity index (χ3v) is 4.59. The summed E-state index contributed by atoms with van der Waals surface area (Å²) in [5.41, 5.74) is 2.98. The number of anilines is 1. The van der Waals surface area contributed by atoms with E-state index in [-0.39, 0.29) is 36.3 Å². The lowest BCUT2D eigenvalue weighted by atomic mass is 9.96. The van der Waals surface area contributed by atoms with Crippen molar-refractivity contribution in [2.75, 3.05) is 26.1 Å². The first-order valence-electron chi connectivity index (χ1n) is 9.28. The molecule has 154 valence electrons. The lowest BCUT2D eigenvalue weighted by Gasteiger charge is -2.12. The van der Waals surface area contributed by atoms with Crippen LogP contribution in [0.4, 0.5) is 5.69 Å². The summed E-state index contributed by atoms with van der Waals surface area (Å²) in [4.78, 5) is 36.3. The Morgan fingerprint density at radius 2 is 1.93 bits per heavy atom. The number of esters is 1. The van der Waals surface area contributed by atoms with Crippen molar-refractivity contribution in [1.82, 2.24) is 10.5 Å². The van der Waals surface area contributed by atoms with Crippen LogP contribution in [0.1, 0.15) is 50.6 Å². The summed E-state index contributed by atoms with van der Waals surface area (Å²) in [7, 11) is 2.68. The third kappa shape index (κ3) is 5.00. The molecule has 1 aromatic carbocycles. The maximum Gasteiger partial charge on any atom is 0.337 e. The second-order valence-corrected chi connectivity index (χ2v) is 6.72. The van der Waals surface area contributed by atoms with E-state index in [9.17, 15) is 14.4 Å². The SMILES string of the molecule is COCC(=O)Nc1cc(CNC(=O)c2onc3c2CCCC3)cc(C(=O)OC)c1. The number of benzene rings is 1. The second kappa shape index (κ2) is 9.33. The summed E-state index contributed by atoms with van der Waals surface area (Å²) in [6.07, 6.45) is 3.63. The van der Waals surface area contributed by atoms with Crippen LogP contribution in [0.25, 0.3) is 0 Å². The predicted octanol–water partition coefficient (Wildman–Crippen LogP) is 1.85. The molecule has 1 aromatic heterocycles. The Hall–Kier alpha value is -3.20. The standard InChI is InChI=1S/C20H23N3O6/c1-27-11-17(24)22-14-8-12(7-13(9-14)20(26)28-2)10-21-19(25)18-15-5-3-4-6-16(15)23-29-18/h7-9H,3-6,10-11H2,1-2H3,(H,21,25)(H,22,24). The molecule has 2 N–H and O–H groups in total. The minimum absolute atomic E-state index is 0.120. The topological polar surface area (TPSA) is 120 Å². The van der Waals surface area contributed by atoms with Crippen LogP contribution < -0.4 is 10.6 Å². The molecule has 1 heterocycles. The van der Waals surface area contributed by atoms with Crippen LogP contribution in [0, 0.1) is 0 Å². The summed E-state index contributed by atoms with van der Waals surface area (Å²) in [5, 5.41) is 9.41. The molecule has 2 aromatic rings. The average molecular weight is 401 g/mol. The molecule has 0 spiro atoms. The van der Waals surface area contributed by atoms with Crippen LogP contribution in [-0.4, -0.2) is 43.8 Å². The van der Waals surface area contributed by atoms with Gasteiger partial charge in [0.1, 0.15) is 6.61 Å². The number of ether oxygens (including phenoxy) is 2. The van der Waals surface area contributed by atoms with E-state index in [1.807, 2.05) is 0 Å². The number of carbonyl (C=O) groups excluding carboxylic acids is 3. The first kappa shape index (κ1) is 20.5. The van der Waals surface area contributed by atoms with Gasteiger partial charge in [-0.2, -0.15) is 0 Å². The minimum atomic E-state index is -0.551. The molecule has 0 saturated heterocycles. The summed E-state index contributed by atoms with van der Waals surface area (Å²) in [6.45, 7) is 0.0113. The van der Waals surface area contributed by atoms with Gasteiger partial charge in [0, 0.05) is 24.9 Å². The Morgan fingerprint density at radius 3 is 2.69 bits per heavy atom. The molecule has 9 nitrogen and oxygen atoms in total. The van der Waals surface area contributed by atoms with Crippen LogP contribution in [0.15, 0.2) is 22.7 Å². The Bertz CT molecular complexity index is 921. The summed E-state index contributed by atoms with van der Waals surface area (Å²) >= 11 is 0. The molecule has 0 bridgehead atoms. The second-order valence-electron chi connectivity index (χ2n) is 6.72. The van der Waals surface area contributed by atoms with Crippen molar-refractivity contribution >= 4 is 23.5 Å². The van der Waals surface area contributed by atoms with Gasteiger partial charge in [-0.15, -0.1) is 0 Å². The zero-order chi connectivity index (χ0) is 20.8. The molecular formula is C20H23N3O6. The highest BCUT2D eigenvalue weighted by Gasteiger charge is 2.24. The molecule has 29 heavy (non-hydrogen) atoms. The van der Waals surface area contributed by atoms with Gasteiger partial charge in [-0.05, 0) is 49.4 Å². The number of nitrogens with zero attached hydrogens (tertiary/aromatic N) is 1. The van der Waals surface area contributed by atoms with Crippen LogP contribution in [0.5, 0.6) is 0 Å². The van der Waals surface area contributed by atoms with Gasteiger partial charge in [0.15, 0.2) is 0 Å². The Kier molecular flexibility index (Phi) is 6.61. The summed E-state index contributed by atoms with van der Waals surface area (Å²) in [5.74, 6) is -1.05. The van der Waals surface area contributed by atoms with Gasteiger partial charge in [0.25, 0.3) is 5.91 Å². The molecule has 1 aliphatic rings. The average Bonchev–Trinajstić information content (AvgIpc) is 3.15. The first-order chi connectivity index (χ1) is 14.0. The smallest absolute Gasteiger partial charge is 0.337 e. The number of carbonyl (C=O) groups is 3. The summed E-state index contributed by atoms with van der Waals surface area (Å²) < 4.78 is 14.8. The van der Waals surface area contributed by atoms with Gasteiger partial charge in [-0.25, -0.2) is 4.79 Å². The largest absolute Gasteiger partial charge is 0.465 e. The number of amides is 2. The Morgan fingerprint density at radius 1 is 1.14 bits per heavy atom. The number of fused-ring (bicyclic) bond motifs is 1. The number of hydrogen-bond donors (Lipinski definition) is 2. The molecule has 0 aliphatic heterocycles. The van der Waals surface area contributed by atoms with E-state index in [1.165, 1.54) is 20.3 Å². The van der Waals surface area contributed by atoms with Crippen LogP contribution in [-0.2, 0) is 33.7 Å². The van der Waals surface area contributed by atoms with Gasteiger partial charge in [-0.1, -0.05) is 5.16 Å². The van der Waals surface area contributed by atoms with Crippen molar-refractivity contribution < 1.29 is 28.4 Å². The number of aromatic nitrogens is 1. The fraction of sp³-hybridized carbons (Fsp3) is 0.400. The van der Waals surface area contributed by atoms with Crippen molar-refractivity contribution in [2.24, 2.45) is 0 Å². The van der Waals surface area contributed by atoms with E-state index >= 15 is 0 Å². The first-order valence-corrected chi connectivity index (χ1v) is 9.28. The van der Waals surface area contributed by atoms with E-state index in [4.69, 9.17) is 14.0 Å². The van der Waals surface area contributed by atoms with E-state index in [0.29, 0.717) is 11.3 Å². The van der Waals surface area contributed by atoms with Crippen molar-refractivity contribution in [1.29, 1.82) is 0 Å². The van der Waals surface area contributed by atoms with Gasteiger partial charge < -0.3 is 24.6 Å². The fourth-order valence-corrected chi connectivity index (χ4v) is 3.26. The molecule has 0 saturated carbocycles. The highest BCUT2D eigenvalue weighted by atomic mass is 16.5. The number of nitrogens with one attached hydrogen (secondary N) is 2. The van der Waals surface area contributed by atoms with Gasteiger partial charge in [0.2, 0.25) is 11.7 Å². The van der Waals surface area contributed by atoms with Crippen LogP contribution in [0.2, 0.25) is 0 Å². The maximum atomic E-state index is 12.6. The van der Waals surface area contributed by atoms with Gasteiger partial charge in [0.05, 0.1) is 18.4 Å². The van der Waals surface area contributed by atoms with E-state index in [0.717, 1.165) is 36.9 Å². The van der Waals surface area contributed by atoms with Crippen molar-refractivity contribution in [3.05, 3.63) is 46.3 Å². The maximum absolute atomic E-state index is 12.6. The number of hydrogen-bond acceptors (Lipinski definition) is 7. The molecule has 0 unspecified atom stereocenters. The predicted molar refractivity (Wildman–Crippen MR) is 103 cm³/mol. The Labute approximate surface area is 167 Å². The lowest BCUT2D eigenvalue weighted by Crippen LogP contribution is -2.24. The quantitative estimate of drug-likeness (QED) is 0.680. The molecular weight excluding hydrogens is 378 g/mol. The highest BCUT2D eigenvalue weighted by Crippen LogP contribution is 2.24. The monoisotopic (exact) mass is 401 g/mol. The number of rotatable bonds is 7. The molecule has 9 heteroatoms. The third-order valence-electron chi connectivity index (χ3n) is 4.59. The number of methoxy groups -OCH3 is 2. The lowest BCUT2D eigenvalue weighted by molar-refractivity contribution is -0.119. The van der Waals surface area contributed by atoms with Crippen molar-refractivity contribution in [3.8, 4) is 0 Å². The van der Waals surface area contributed by atoms with Gasteiger partial charge in [-0.3, -0.25) is 9.59 Å². The fourth-order valence-electron chi connectivity index (χ4n) is 3.26. The Balaban J connectivity index is 1.75. The number of aryl methyl sites for hydroxylation is 1. The van der Waals surface area contributed by atoms with Crippen LogP contribution >= 0.6 is 0 Å². The molecule has 0 atom stereocenters. The molecule has 1 aliphatic carbocycles. The molecule has 0 radical (unpaired) electrons. The van der Waals surface area contributed by atoms with Crippen LogP contribution in [0.3, 0.4) is 0 Å². The highest BCUT2D eigenvalue weighted by molar-refractivity contribution is 5.95. The molecule has 2 amide bonds. The molecule has 3 rings (SSSR count). The van der Waals surface area contributed by atoms with E-state index < -0.39 is 5.97 Å². The zero-order valence-electron chi connectivity index (χ0n) is 16.4.